The average Bonchev–Trinajstić information content (AvgIpc) is 2.18. The summed E-state index contributed by atoms with van der Waals surface area (Å²) in [5, 5.41) is 7.98. The number of hydrogen-bond acceptors (Lipinski definition) is 4. The number of halogens is 4. The van der Waals surface area contributed by atoms with Gasteiger partial charge in [-0.05, 0) is 27.5 Å². The predicted octanol–water partition coefficient (Wildman–Crippen LogP) is 2.52. The van der Waals surface area contributed by atoms with Gasteiger partial charge < -0.3 is 0 Å². The maximum absolute atomic E-state index is 12.4. The molecule has 1 aromatic rings. The van der Waals surface area contributed by atoms with Gasteiger partial charge >= 0.3 is 17.0 Å². The molecule has 10 heteroatoms. The van der Waals surface area contributed by atoms with Gasteiger partial charge in [-0.3, -0.25) is 20.2 Å². The Balaban J connectivity index is 3.07. The van der Waals surface area contributed by atoms with Gasteiger partial charge in [-0.25, -0.2) is 4.98 Å². The van der Waals surface area contributed by atoms with Crippen LogP contribution in [0.25, 0.3) is 0 Å². The summed E-state index contributed by atoms with van der Waals surface area (Å²) in [4.78, 5) is 24.0. The number of nitrogens with zero attached hydrogens (tertiary/aromatic N) is 2. The molecule has 1 rings (SSSR count). The van der Waals surface area contributed by atoms with E-state index in [0.29, 0.717) is 0 Å². The Morgan fingerprint density at radius 1 is 1.65 bits per heavy atom. The van der Waals surface area contributed by atoms with Gasteiger partial charge in [0.2, 0.25) is 5.82 Å². The summed E-state index contributed by atoms with van der Waals surface area (Å²) in [6, 6.07) is 1.01. The zero-order chi connectivity index (χ0) is 13.2. The van der Waals surface area contributed by atoms with Crippen LogP contribution in [0, 0.1) is 10.1 Å². The summed E-state index contributed by atoms with van der Waals surface area (Å²) >= 11 is 7.36. The van der Waals surface area contributed by atoms with Crippen LogP contribution < -0.4 is 5.32 Å². The quantitative estimate of drug-likeness (QED) is 0.524. The monoisotopic (exact) mass is 329 g/mol. The lowest BCUT2D eigenvalue weighted by molar-refractivity contribution is -0.384. The molecule has 0 fully saturated rings. The van der Waals surface area contributed by atoms with Crippen molar-refractivity contribution in [3.05, 3.63) is 26.9 Å². The Hall–Kier alpha value is -1.35. The number of rotatable bonds is 3. The van der Waals surface area contributed by atoms with Crippen LogP contribution in [0.3, 0.4) is 0 Å². The Bertz CT molecular complexity index is 480. The van der Waals surface area contributed by atoms with Crippen molar-refractivity contribution < 1.29 is 18.5 Å². The first-order valence-electron chi connectivity index (χ1n) is 3.90. The molecule has 0 aliphatic heterocycles. The maximum atomic E-state index is 12.4. The van der Waals surface area contributed by atoms with Crippen molar-refractivity contribution >= 4 is 44.9 Å². The molecule has 0 atom stereocenters. The predicted molar refractivity (Wildman–Crippen MR) is 58.0 cm³/mol. The van der Waals surface area contributed by atoms with Gasteiger partial charge in [0.05, 0.1) is 4.92 Å². The van der Waals surface area contributed by atoms with Crippen molar-refractivity contribution in [2.24, 2.45) is 0 Å². The highest BCUT2D eigenvalue weighted by atomic mass is 79.9. The lowest BCUT2D eigenvalue weighted by atomic mass is 10.4. The second-order valence-corrected chi connectivity index (χ2v) is 4.12. The molecule has 1 aromatic heterocycles. The van der Waals surface area contributed by atoms with Crippen molar-refractivity contribution in [1.82, 2.24) is 4.98 Å². The number of nitro groups is 1. The smallest absolute Gasteiger partial charge is 0.298 e. The SMILES string of the molecule is O=C(Nc1ncc(Br)cc1[N+](=O)[O-])C(F)(F)Cl. The number of carbonyl (C=O) groups is 1. The highest BCUT2D eigenvalue weighted by Crippen LogP contribution is 2.27. The molecule has 0 saturated carbocycles. The fourth-order valence-electron chi connectivity index (χ4n) is 0.842. The van der Waals surface area contributed by atoms with E-state index in [1.54, 1.807) is 5.32 Å². The molecule has 0 radical (unpaired) electrons. The van der Waals surface area contributed by atoms with Crippen molar-refractivity contribution in [2.45, 2.75) is 5.38 Å². The number of pyridine rings is 1. The largest absolute Gasteiger partial charge is 0.400 e. The number of nitrogens with one attached hydrogen (secondary N) is 1. The van der Waals surface area contributed by atoms with E-state index in [0.717, 1.165) is 12.3 Å². The lowest BCUT2D eigenvalue weighted by Gasteiger charge is -2.08. The summed E-state index contributed by atoms with van der Waals surface area (Å²) < 4.78 is 25.0. The third-order valence-corrected chi connectivity index (χ3v) is 2.13. The van der Waals surface area contributed by atoms with Crippen molar-refractivity contribution in [2.75, 3.05) is 5.32 Å². The van der Waals surface area contributed by atoms with E-state index < -0.39 is 27.7 Å². The second-order valence-electron chi connectivity index (χ2n) is 2.73. The highest BCUT2D eigenvalue weighted by molar-refractivity contribution is 9.10. The van der Waals surface area contributed by atoms with E-state index >= 15 is 0 Å². The number of carbonyl (C=O) groups excluding carboxylic acids is 1. The third-order valence-electron chi connectivity index (χ3n) is 1.52. The minimum Gasteiger partial charge on any atom is -0.298 e. The first-order chi connectivity index (χ1) is 7.71. The highest BCUT2D eigenvalue weighted by Gasteiger charge is 2.37. The molecule has 0 aliphatic rings. The molecule has 1 N–H and O–H groups in total. The van der Waals surface area contributed by atoms with Crippen molar-refractivity contribution in [3.8, 4) is 0 Å². The molecule has 1 amide bonds. The maximum Gasteiger partial charge on any atom is 0.400 e. The van der Waals surface area contributed by atoms with Gasteiger partial charge in [0.1, 0.15) is 0 Å². The molecule has 6 nitrogen and oxygen atoms in total. The van der Waals surface area contributed by atoms with Crippen molar-refractivity contribution in [1.29, 1.82) is 0 Å². The van der Waals surface area contributed by atoms with Crippen LogP contribution in [0.15, 0.2) is 16.7 Å². The van der Waals surface area contributed by atoms with E-state index in [2.05, 4.69) is 32.5 Å². The Kier molecular flexibility index (Phi) is 3.94. The molecule has 0 saturated heterocycles. The van der Waals surface area contributed by atoms with Crippen molar-refractivity contribution in [3.63, 3.8) is 0 Å². The first-order valence-corrected chi connectivity index (χ1v) is 5.07. The van der Waals surface area contributed by atoms with Crippen LogP contribution in [0.4, 0.5) is 20.3 Å². The van der Waals surface area contributed by atoms with Gasteiger partial charge in [-0.1, -0.05) is 0 Å². The summed E-state index contributed by atoms with van der Waals surface area (Å²) in [6.45, 7) is 0. The first kappa shape index (κ1) is 13.7. The fourth-order valence-corrected chi connectivity index (χ4v) is 1.21. The van der Waals surface area contributed by atoms with Crippen LogP contribution in [-0.2, 0) is 4.79 Å². The van der Waals surface area contributed by atoms with Gasteiger partial charge in [0.25, 0.3) is 0 Å². The molecule has 0 aromatic carbocycles. The molecule has 0 aliphatic carbocycles. The normalized spacial score (nSPS) is 11.1. The standard InChI is InChI=1S/C7H3BrClF2N3O3/c8-3-1-4(14(16)17)5(12-2-3)13-6(15)7(9,10)11/h1-2H,(H,12,13,15). The minimum atomic E-state index is -4.16. The Morgan fingerprint density at radius 3 is 2.71 bits per heavy atom. The number of amides is 1. The number of anilines is 1. The summed E-state index contributed by atoms with van der Waals surface area (Å²) in [6.07, 6.45) is 1.11. The molecule has 1 heterocycles. The molecule has 0 unspecified atom stereocenters. The fraction of sp³-hybridized carbons (Fsp3) is 0.143. The molecule has 17 heavy (non-hydrogen) atoms. The van der Waals surface area contributed by atoms with E-state index in [9.17, 15) is 23.7 Å². The molecular formula is C7H3BrClF2N3O3. The number of alkyl halides is 3. The second kappa shape index (κ2) is 4.88. The zero-order valence-electron chi connectivity index (χ0n) is 7.79. The molecular weight excluding hydrogens is 327 g/mol. The Morgan fingerprint density at radius 2 is 2.24 bits per heavy atom. The summed E-state index contributed by atoms with van der Waals surface area (Å²) in [5.74, 6) is -2.50. The summed E-state index contributed by atoms with van der Waals surface area (Å²) in [7, 11) is 0. The number of aromatic nitrogens is 1. The van der Waals surface area contributed by atoms with Gasteiger partial charge in [-0.15, -0.1) is 0 Å². The molecule has 0 bridgehead atoms. The van der Waals surface area contributed by atoms with E-state index in [1.807, 2.05) is 0 Å². The zero-order valence-corrected chi connectivity index (χ0v) is 10.1. The van der Waals surface area contributed by atoms with Crippen LogP contribution in [-0.4, -0.2) is 21.2 Å². The van der Waals surface area contributed by atoms with Crippen LogP contribution in [0.1, 0.15) is 0 Å². The van der Waals surface area contributed by atoms with E-state index in [1.165, 1.54) is 0 Å². The van der Waals surface area contributed by atoms with E-state index in [-0.39, 0.29) is 4.47 Å². The van der Waals surface area contributed by atoms with Crippen LogP contribution in [0.2, 0.25) is 0 Å². The summed E-state index contributed by atoms with van der Waals surface area (Å²) in [5.41, 5.74) is -0.631. The van der Waals surface area contributed by atoms with Gasteiger partial charge in [0, 0.05) is 16.7 Å². The number of hydrogen-bond donors (Lipinski definition) is 1. The Labute approximate surface area is 106 Å². The molecule has 0 spiro atoms. The molecule has 92 valence electrons. The topological polar surface area (TPSA) is 85.1 Å². The van der Waals surface area contributed by atoms with Crippen LogP contribution in [0.5, 0.6) is 0 Å². The minimum absolute atomic E-state index is 0.264. The van der Waals surface area contributed by atoms with Gasteiger partial charge in [-0.2, -0.15) is 8.78 Å². The van der Waals surface area contributed by atoms with E-state index in [4.69, 9.17) is 0 Å². The lowest BCUT2D eigenvalue weighted by Crippen LogP contribution is -2.29. The average molecular weight is 330 g/mol. The van der Waals surface area contributed by atoms with Gasteiger partial charge in [0.15, 0.2) is 0 Å². The van der Waals surface area contributed by atoms with Crippen LogP contribution >= 0.6 is 27.5 Å². The third kappa shape index (κ3) is 3.56.